The molecule has 0 spiro atoms. The van der Waals surface area contributed by atoms with E-state index in [0.717, 1.165) is 17.0 Å². The minimum Gasteiger partial charge on any atom is -0.373 e. The van der Waals surface area contributed by atoms with Gasteiger partial charge < -0.3 is 4.74 Å². The molecule has 0 radical (unpaired) electrons. The van der Waals surface area contributed by atoms with Crippen LogP contribution in [-0.4, -0.2) is 6.10 Å². The van der Waals surface area contributed by atoms with Gasteiger partial charge in [-0.25, -0.2) is 0 Å². The second kappa shape index (κ2) is 5.83. The van der Waals surface area contributed by atoms with Gasteiger partial charge in [-0.05, 0) is 36.5 Å². The number of hydrogen-bond donors (Lipinski definition) is 0. The van der Waals surface area contributed by atoms with Gasteiger partial charge in [0.2, 0.25) is 0 Å². The van der Waals surface area contributed by atoms with Crippen molar-refractivity contribution in [3.8, 4) is 0 Å². The van der Waals surface area contributed by atoms with Crippen molar-refractivity contribution in [2.45, 2.75) is 45.3 Å². The summed E-state index contributed by atoms with van der Waals surface area (Å²) in [4.78, 5) is 0. The number of ether oxygens (including phenoxy) is 1. The minimum atomic E-state index is 0.470. The third-order valence-electron chi connectivity index (χ3n) is 3.41. The van der Waals surface area contributed by atoms with Crippen molar-refractivity contribution in [3.05, 3.63) is 34.3 Å². The van der Waals surface area contributed by atoms with Gasteiger partial charge in [0, 0.05) is 4.47 Å². The van der Waals surface area contributed by atoms with E-state index in [1.165, 1.54) is 31.2 Å². The summed E-state index contributed by atoms with van der Waals surface area (Å²) >= 11 is 3.44. The predicted molar refractivity (Wildman–Crippen MR) is 70.4 cm³/mol. The van der Waals surface area contributed by atoms with Gasteiger partial charge in [-0.2, -0.15) is 0 Å². The fourth-order valence-corrected chi connectivity index (χ4v) is 2.58. The van der Waals surface area contributed by atoms with Gasteiger partial charge in [-0.1, -0.05) is 47.8 Å². The molecule has 0 heterocycles. The Bertz CT molecular complexity index is 320. The van der Waals surface area contributed by atoms with Crippen LogP contribution >= 0.6 is 15.9 Å². The van der Waals surface area contributed by atoms with Crippen molar-refractivity contribution in [2.24, 2.45) is 5.92 Å². The molecule has 1 aromatic rings. The van der Waals surface area contributed by atoms with E-state index in [1.54, 1.807) is 0 Å². The molecule has 1 fully saturated rings. The van der Waals surface area contributed by atoms with E-state index < -0.39 is 0 Å². The lowest BCUT2D eigenvalue weighted by atomic mass is 9.88. The van der Waals surface area contributed by atoms with Gasteiger partial charge in [0.1, 0.15) is 0 Å². The van der Waals surface area contributed by atoms with Gasteiger partial charge in [-0.15, -0.1) is 0 Å². The van der Waals surface area contributed by atoms with Crippen molar-refractivity contribution < 1.29 is 4.74 Å². The molecule has 1 aliphatic rings. The molecule has 1 aliphatic carbocycles. The zero-order valence-electron chi connectivity index (χ0n) is 9.79. The second-order valence-electron chi connectivity index (χ2n) is 4.74. The fraction of sp³-hybridized carbons (Fsp3) is 0.571. The number of halogens is 1. The summed E-state index contributed by atoms with van der Waals surface area (Å²) in [7, 11) is 0. The monoisotopic (exact) mass is 282 g/mol. The van der Waals surface area contributed by atoms with Crippen LogP contribution in [0.4, 0.5) is 0 Å². The van der Waals surface area contributed by atoms with Gasteiger partial charge in [0.15, 0.2) is 0 Å². The van der Waals surface area contributed by atoms with Crippen molar-refractivity contribution in [1.29, 1.82) is 0 Å². The van der Waals surface area contributed by atoms with E-state index in [9.17, 15) is 0 Å². The van der Waals surface area contributed by atoms with Crippen molar-refractivity contribution in [2.75, 3.05) is 0 Å². The molecule has 0 N–H and O–H groups in total. The summed E-state index contributed by atoms with van der Waals surface area (Å²) in [5, 5.41) is 0. The van der Waals surface area contributed by atoms with Gasteiger partial charge in [-0.3, -0.25) is 0 Å². The maximum absolute atomic E-state index is 6.01. The summed E-state index contributed by atoms with van der Waals surface area (Å²) in [5.74, 6) is 0.726. The van der Waals surface area contributed by atoms with E-state index in [1.807, 2.05) is 0 Å². The Kier molecular flexibility index (Phi) is 4.42. The average molecular weight is 283 g/mol. The van der Waals surface area contributed by atoms with Crippen LogP contribution in [0.2, 0.25) is 0 Å². The first-order valence-corrected chi connectivity index (χ1v) is 6.91. The lowest BCUT2D eigenvalue weighted by molar-refractivity contribution is -0.0154. The number of benzene rings is 1. The Morgan fingerprint density at radius 2 is 1.88 bits per heavy atom. The molecule has 2 atom stereocenters. The molecule has 1 aromatic carbocycles. The largest absolute Gasteiger partial charge is 0.373 e. The molecular formula is C14H19BrO. The Morgan fingerprint density at radius 3 is 2.56 bits per heavy atom. The third kappa shape index (κ3) is 3.33. The quantitative estimate of drug-likeness (QED) is 0.791. The number of hydrogen-bond acceptors (Lipinski definition) is 1. The van der Waals surface area contributed by atoms with Crippen LogP contribution in [-0.2, 0) is 11.3 Å². The van der Waals surface area contributed by atoms with Gasteiger partial charge in [0.25, 0.3) is 0 Å². The molecule has 1 saturated carbocycles. The molecule has 0 unspecified atom stereocenters. The van der Waals surface area contributed by atoms with Crippen molar-refractivity contribution in [1.82, 2.24) is 0 Å². The Hall–Kier alpha value is -0.340. The lowest BCUT2D eigenvalue weighted by Gasteiger charge is -2.28. The molecular weight excluding hydrogens is 264 g/mol. The molecule has 2 heteroatoms. The Balaban J connectivity index is 1.84. The molecule has 88 valence electrons. The fourth-order valence-electron chi connectivity index (χ4n) is 2.31. The average Bonchev–Trinajstić information content (AvgIpc) is 2.30. The van der Waals surface area contributed by atoms with Crippen LogP contribution < -0.4 is 0 Å². The van der Waals surface area contributed by atoms with Crippen LogP contribution in [0.3, 0.4) is 0 Å². The Morgan fingerprint density at radius 1 is 1.19 bits per heavy atom. The SMILES string of the molecule is C[C@@H]1CCCC[C@H]1OCc1ccc(Br)cc1. The third-order valence-corrected chi connectivity index (χ3v) is 3.94. The maximum Gasteiger partial charge on any atom is 0.0720 e. The van der Waals surface area contributed by atoms with Gasteiger partial charge >= 0.3 is 0 Å². The summed E-state index contributed by atoms with van der Waals surface area (Å²) in [5.41, 5.74) is 1.26. The summed E-state index contributed by atoms with van der Waals surface area (Å²) in [6, 6.07) is 8.39. The van der Waals surface area contributed by atoms with E-state index in [-0.39, 0.29) is 0 Å². The molecule has 1 nitrogen and oxygen atoms in total. The molecule has 0 saturated heterocycles. The van der Waals surface area contributed by atoms with Gasteiger partial charge in [0.05, 0.1) is 12.7 Å². The molecule has 0 amide bonds. The van der Waals surface area contributed by atoms with Crippen LogP contribution in [0, 0.1) is 5.92 Å². The zero-order valence-corrected chi connectivity index (χ0v) is 11.4. The highest BCUT2D eigenvalue weighted by molar-refractivity contribution is 9.10. The standard InChI is InChI=1S/C14H19BrO/c1-11-4-2-3-5-14(11)16-10-12-6-8-13(15)9-7-12/h6-9,11,14H,2-5,10H2,1H3/t11-,14-/m1/s1. The molecule has 0 aromatic heterocycles. The predicted octanol–water partition coefficient (Wildman–Crippen LogP) is 4.54. The molecule has 0 bridgehead atoms. The lowest BCUT2D eigenvalue weighted by Crippen LogP contribution is -2.25. The smallest absolute Gasteiger partial charge is 0.0720 e. The first-order valence-electron chi connectivity index (χ1n) is 6.12. The van der Waals surface area contributed by atoms with E-state index in [0.29, 0.717) is 6.10 Å². The van der Waals surface area contributed by atoms with E-state index in [2.05, 4.69) is 47.1 Å². The zero-order chi connectivity index (χ0) is 11.4. The number of rotatable bonds is 3. The molecule has 2 rings (SSSR count). The van der Waals surface area contributed by atoms with Crippen molar-refractivity contribution >= 4 is 15.9 Å². The summed E-state index contributed by atoms with van der Waals surface area (Å²) < 4.78 is 7.13. The van der Waals surface area contributed by atoms with Crippen LogP contribution in [0.5, 0.6) is 0 Å². The minimum absolute atomic E-state index is 0.470. The van der Waals surface area contributed by atoms with Crippen LogP contribution in [0.1, 0.15) is 38.2 Å². The first kappa shape index (κ1) is 12.1. The highest BCUT2D eigenvalue weighted by Gasteiger charge is 2.21. The highest BCUT2D eigenvalue weighted by atomic mass is 79.9. The van der Waals surface area contributed by atoms with Crippen LogP contribution in [0.25, 0.3) is 0 Å². The normalized spacial score (nSPS) is 25.6. The van der Waals surface area contributed by atoms with Crippen molar-refractivity contribution in [3.63, 3.8) is 0 Å². The first-order chi connectivity index (χ1) is 7.75. The topological polar surface area (TPSA) is 9.23 Å². The van der Waals surface area contributed by atoms with E-state index >= 15 is 0 Å². The maximum atomic E-state index is 6.01. The summed E-state index contributed by atoms with van der Waals surface area (Å²) in [6.07, 6.45) is 5.73. The Labute approximate surface area is 106 Å². The van der Waals surface area contributed by atoms with Crippen LogP contribution in [0.15, 0.2) is 28.7 Å². The summed E-state index contributed by atoms with van der Waals surface area (Å²) in [6.45, 7) is 3.06. The second-order valence-corrected chi connectivity index (χ2v) is 5.65. The van der Waals surface area contributed by atoms with E-state index in [4.69, 9.17) is 4.74 Å². The molecule has 0 aliphatic heterocycles. The highest BCUT2D eigenvalue weighted by Crippen LogP contribution is 2.27. The molecule has 16 heavy (non-hydrogen) atoms.